The Kier molecular flexibility index (Phi) is 6.13. The molecule has 3 rings (SSSR count). The van der Waals surface area contributed by atoms with Crippen LogP contribution in [-0.4, -0.2) is 24.5 Å². The third-order valence-electron chi connectivity index (χ3n) is 4.26. The van der Waals surface area contributed by atoms with Crippen molar-refractivity contribution in [2.75, 3.05) is 13.7 Å². The summed E-state index contributed by atoms with van der Waals surface area (Å²) in [4.78, 5) is 24.0. The molecule has 0 aliphatic carbocycles. The van der Waals surface area contributed by atoms with Crippen molar-refractivity contribution in [2.24, 2.45) is 0 Å². The maximum absolute atomic E-state index is 13.1. The SMILES string of the molecule is CCOc1cc(C(=O)NC(c2ccccc2)c2ccco2)c([N+](=O)[O-])cc1OC. The van der Waals surface area contributed by atoms with Crippen LogP contribution in [0.25, 0.3) is 0 Å². The van der Waals surface area contributed by atoms with Gasteiger partial charge in [-0.25, -0.2) is 0 Å². The molecule has 1 N–H and O–H groups in total. The summed E-state index contributed by atoms with van der Waals surface area (Å²) in [5.41, 5.74) is 0.262. The second kappa shape index (κ2) is 8.92. The number of nitrogens with zero attached hydrogens (tertiary/aromatic N) is 1. The molecule has 1 unspecified atom stereocenters. The van der Waals surface area contributed by atoms with Crippen molar-refractivity contribution in [3.63, 3.8) is 0 Å². The number of nitro groups is 1. The summed E-state index contributed by atoms with van der Waals surface area (Å²) >= 11 is 0. The van der Waals surface area contributed by atoms with Crippen LogP contribution in [0.5, 0.6) is 11.5 Å². The lowest BCUT2D eigenvalue weighted by Crippen LogP contribution is -2.29. The average Bonchev–Trinajstić information content (AvgIpc) is 3.26. The van der Waals surface area contributed by atoms with Crippen molar-refractivity contribution in [2.45, 2.75) is 13.0 Å². The zero-order valence-electron chi connectivity index (χ0n) is 16.0. The molecular weight excluding hydrogens is 376 g/mol. The van der Waals surface area contributed by atoms with Gasteiger partial charge in [-0.2, -0.15) is 0 Å². The van der Waals surface area contributed by atoms with Crippen LogP contribution in [-0.2, 0) is 0 Å². The van der Waals surface area contributed by atoms with E-state index in [0.29, 0.717) is 12.4 Å². The summed E-state index contributed by atoms with van der Waals surface area (Å²) in [6.45, 7) is 2.08. The number of carbonyl (C=O) groups is 1. The Hall–Kier alpha value is -3.81. The number of nitrogens with one attached hydrogen (secondary N) is 1. The van der Waals surface area contributed by atoms with Gasteiger partial charge in [0.1, 0.15) is 17.4 Å². The third kappa shape index (κ3) is 4.37. The minimum atomic E-state index is -0.634. The second-order valence-corrected chi connectivity index (χ2v) is 6.04. The van der Waals surface area contributed by atoms with Gasteiger partial charge in [-0.1, -0.05) is 30.3 Å². The Morgan fingerprint density at radius 3 is 2.52 bits per heavy atom. The van der Waals surface area contributed by atoms with Crippen molar-refractivity contribution in [3.8, 4) is 11.5 Å². The van der Waals surface area contributed by atoms with Crippen LogP contribution in [0.15, 0.2) is 65.3 Å². The van der Waals surface area contributed by atoms with Crippen molar-refractivity contribution < 1.29 is 23.6 Å². The average molecular weight is 396 g/mol. The van der Waals surface area contributed by atoms with Gasteiger partial charge in [0.05, 0.1) is 31.0 Å². The summed E-state index contributed by atoms with van der Waals surface area (Å²) in [6, 6.07) is 14.5. The molecule has 29 heavy (non-hydrogen) atoms. The number of carbonyl (C=O) groups excluding carboxylic acids is 1. The van der Waals surface area contributed by atoms with Gasteiger partial charge in [-0.05, 0) is 24.6 Å². The number of furan rings is 1. The molecule has 150 valence electrons. The number of methoxy groups -OCH3 is 1. The van der Waals surface area contributed by atoms with E-state index in [4.69, 9.17) is 13.9 Å². The number of hydrogen-bond acceptors (Lipinski definition) is 6. The van der Waals surface area contributed by atoms with E-state index in [1.54, 1.807) is 19.1 Å². The fraction of sp³-hybridized carbons (Fsp3) is 0.190. The van der Waals surface area contributed by atoms with E-state index in [9.17, 15) is 14.9 Å². The minimum absolute atomic E-state index is 0.133. The Bertz CT molecular complexity index is 986. The molecule has 1 aromatic heterocycles. The number of hydrogen-bond donors (Lipinski definition) is 1. The minimum Gasteiger partial charge on any atom is -0.493 e. The lowest BCUT2D eigenvalue weighted by atomic mass is 10.0. The van der Waals surface area contributed by atoms with Gasteiger partial charge in [0.2, 0.25) is 0 Å². The first kappa shape index (κ1) is 19.9. The van der Waals surface area contributed by atoms with Gasteiger partial charge in [-0.3, -0.25) is 14.9 Å². The van der Waals surface area contributed by atoms with Gasteiger partial charge in [0.25, 0.3) is 11.6 Å². The second-order valence-electron chi connectivity index (χ2n) is 6.04. The fourth-order valence-electron chi connectivity index (χ4n) is 2.94. The largest absolute Gasteiger partial charge is 0.493 e. The highest BCUT2D eigenvalue weighted by Crippen LogP contribution is 2.35. The monoisotopic (exact) mass is 396 g/mol. The molecule has 0 saturated carbocycles. The van der Waals surface area contributed by atoms with Crippen LogP contribution in [0, 0.1) is 10.1 Å². The third-order valence-corrected chi connectivity index (χ3v) is 4.26. The quantitative estimate of drug-likeness (QED) is 0.454. The van der Waals surface area contributed by atoms with Crippen LogP contribution >= 0.6 is 0 Å². The first-order valence-electron chi connectivity index (χ1n) is 8.93. The van der Waals surface area contributed by atoms with Gasteiger partial charge in [0, 0.05) is 6.07 Å². The van der Waals surface area contributed by atoms with E-state index < -0.39 is 16.9 Å². The van der Waals surface area contributed by atoms with Crippen LogP contribution in [0.3, 0.4) is 0 Å². The molecule has 1 amide bonds. The van der Waals surface area contributed by atoms with Crippen molar-refractivity contribution in [3.05, 3.63) is 87.9 Å². The lowest BCUT2D eigenvalue weighted by Gasteiger charge is -2.18. The van der Waals surface area contributed by atoms with E-state index in [0.717, 1.165) is 5.56 Å². The standard InChI is InChI=1S/C21H20N2O6/c1-3-28-19-12-15(16(23(25)26)13-18(19)27-2)21(24)22-20(17-10-7-11-29-17)14-8-5-4-6-9-14/h4-13,20H,3H2,1-2H3,(H,22,24). The number of nitro benzene ring substituents is 1. The van der Waals surface area contributed by atoms with Gasteiger partial charge in [0.15, 0.2) is 11.5 Å². The van der Waals surface area contributed by atoms with E-state index in [-0.39, 0.29) is 22.7 Å². The smallest absolute Gasteiger partial charge is 0.286 e. The molecule has 0 bridgehead atoms. The molecule has 1 heterocycles. The Balaban J connectivity index is 2.02. The summed E-state index contributed by atoms with van der Waals surface area (Å²) in [6.07, 6.45) is 1.50. The predicted octanol–water partition coefficient (Wildman–Crippen LogP) is 4.11. The summed E-state index contributed by atoms with van der Waals surface area (Å²) < 4.78 is 16.1. The normalized spacial score (nSPS) is 11.5. The highest BCUT2D eigenvalue weighted by Gasteiger charge is 2.28. The number of ether oxygens (including phenoxy) is 2. The summed E-state index contributed by atoms with van der Waals surface area (Å²) in [5, 5.41) is 14.4. The van der Waals surface area contributed by atoms with E-state index in [2.05, 4.69) is 5.32 Å². The van der Waals surface area contributed by atoms with E-state index >= 15 is 0 Å². The van der Waals surface area contributed by atoms with Gasteiger partial charge < -0.3 is 19.2 Å². The Morgan fingerprint density at radius 2 is 1.93 bits per heavy atom. The molecule has 8 nitrogen and oxygen atoms in total. The van der Waals surface area contributed by atoms with E-state index in [1.807, 2.05) is 30.3 Å². The summed E-state index contributed by atoms with van der Waals surface area (Å²) in [5.74, 6) is 0.303. The molecule has 1 atom stereocenters. The highest BCUT2D eigenvalue weighted by atomic mass is 16.6. The molecule has 0 aliphatic heterocycles. The molecule has 0 aliphatic rings. The molecule has 0 saturated heterocycles. The molecule has 2 aromatic carbocycles. The van der Waals surface area contributed by atoms with Gasteiger partial charge in [-0.15, -0.1) is 0 Å². The number of benzene rings is 2. The molecule has 0 radical (unpaired) electrons. The maximum atomic E-state index is 13.1. The van der Waals surface area contributed by atoms with Crippen LogP contribution < -0.4 is 14.8 Å². The van der Waals surface area contributed by atoms with E-state index in [1.165, 1.54) is 25.5 Å². The molecule has 3 aromatic rings. The first-order chi connectivity index (χ1) is 14.0. The fourth-order valence-corrected chi connectivity index (χ4v) is 2.94. The Morgan fingerprint density at radius 1 is 1.17 bits per heavy atom. The molecular formula is C21H20N2O6. The topological polar surface area (TPSA) is 104 Å². The zero-order valence-corrected chi connectivity index (χ0v) is 16.0. The molecule has 0 spiro atoms. The number of amides is 1. The van der Waals surface area contributed by atoms with Crippen molar-refractivity contribution in [1.29, 1.82) is 0 Å². The molecule has 0 fully saturated rings. The maximum Gasteiger partial charge on any atom is 0.286 e. The van der Waals surface area contributed by atoms with Gasteiger partial charge >= 0.3 is 0 Å². The predicted molar refractivity (Wildman–Crippen MR) is 105 cm³/mol. The van der Waals surface area contributed by atoms with Crippen LogP contribution in [0.4, 0.5) is 5.69 Å². The Labute approximate surface area is 167 Å². The van der Waals surface area contributed by atoms with Crippen LogP contribution in [0.1, 0.15) is 34.6 Å². The zero-order chi connectivity index (χ0) is 20.8. The molecule has 8 heteroatoms. The first-order valence-corrected chi connectivity index (χ1v) is 8.93. The lowest BCUT2D eigenvalue weighted by molar-refractivity contribution is -0.385. The van der Waals surface area contributed by atoms with Crippen molar-refractivity contribution >= 4 is 11.6 Å². The number of rotatable bonds is 8. The summed E-state index contributed by atoms with van der Waals surface area (Å²) in [7, 11) is 1.38. The highest BCUT2D eigenvalue weighted by molar-refractivity contribution is 5.99. The van der Waals surface area contributed by atoms with Crippen LogP contribution in [0.2, 0.25) is 0 Å². The van der Waals surface area contributed by atoms with Crippen molar-refractivity contribution in [1.82, 2.24) is 5.32 Å².